The van der Waals surface area contributed by atoms with Crippen LogP contribution >= 0.6 is 0 Å². The summed E-state index contributed by atoms with van der Waals surface area (Å²) < 4.78 is 11.2. The van der Waals surface area contributed by atoms with E-state index in [4.69, 9.17) is 9.47 Å². The lowest BCUT2D eigenvalue weighted by Gasteiger charge is -2.26. The van der Waals surface area contributed by atoms with E-state index in [1.807, 2.05) is 38.1 Å². The number of hydrogen-bond donors (Lipinski definition) is 1. The van der Waals surface area contributed by atoms with Crippen LogP contribution in [0.5, 0.6) is 0 Å². The molecule has 1 aliphatic heterocycles. The molecule has 1 N–H and O–H groups in total. The molecule has 0 aromatic heterocycles. The minimum atomic E-state index is -0.486. The number of benzene rings is 1. The number of rotatable bonds is 6. The van der Waals surface area contributed by atoms with Gasteiger partial charge in [0.2, 0.25) is 5.91 Å². The van der Waals surface area contributed by atoms with E-state index in [0.717, 1.165) is 17.5 Å². The van der Waals surface area contributed by atoms with Crippen molar-refractivity contribution in [2.75, 3.05) is 19.8 Å². The van der Waals surface area contributed by atoms with Gasteiger partial charge in [-0.15, -0.1) is 0 Å². The molecule has 1 amide bonds. The summed E-state index contributed by atoms with van der Waals surface area (Å²) in [5, 5.41) is 3.00. The molecule has 1 heterocycles. The predicted octanol–water partition coefficient (Wildman–Crippen LogP) is 2.44. The molecule has 0 spiro atoms. The Bertz CT molecular complexity index is 481. The number of carbonyl (C=O) groups is 1. The van der Waals surface area contributed by atoms with E-state index >= 15 is 0 Å². The van der Waals surface area contributed by atoms with Gasteiger partial charge in [-0.2, -0.15) is 0 Å². The van der Waals surface area contributed by atoms with Crippen LogP contribution in [0.4, 0.5) is 0 Å². The summed E-state index contributed by atoms with van der Waals surface area (Å²) in [6, 6.07) is 7.98. The summed E-state index contributed by atoms with van der Waals surface area (Å²) in [7, 11) is 0. The zero-order valence-electron chi connectivity index (χ0n) is 13.1. The third-order valence-corrected chi connectivity index (χ3v) is 3.88. The number of nitrogens with one attached hydrogen (secondary N) is 1. The summed E-state index contributed by atoms with van der Waals surface area (Å²) in [4.78, 5) is 12.0. The van der Waals surface area contributed by atoms with Crippen LogP contribution in [-0.4, -0.2) is 31.5 Å². The van der Waals surface area contributed by atoms with Crippen LogP contribution in [0.2, 0.25) is 0 Å². The summed E-state index contributed by atoms with van der Waals surface area (Å²) >= 11 is 0. The Labute approximate surface area is 126 Å². The van der Waals surface area contributed by atoms with Gasteiger partial charge in [0.1, 0.15) is 0 Å². The van der Waals surface area contributed by atoms with E-state index in [2.05, 4.69) is 12.2 Å². The van der Waals surface area contributed by atoms with Crippen LogP contribution in [0.1, 0.15) is 31.4 Å². The van der Waals surface area contributed by atoms with Crippen molar-refractivity contribution in [1.82, 2.24) is 5.32 Å². The fraction of sp³-hybridized carbons (Fsp3) is 0.588. The number of hydrogen-bond acceptors (Lipinski definition) is 3. The summed E-state index contributed by atoms with van der Waals surface area (Å²) in [5.74, 6) is -0.108. The molecule has 0 saturated carbocycles. The average molecular weight is 291 g/mol. The van der Waals surface area contributed by atoms with Gasteiger partial charge >= 0.3 is 0 Å². The molecule has 1 aromatic rings. The Morgan fingerprint density at radius 2 is 2.00 bits per heavy atom. The summed E-state index contributed by atoms with van der Waals surface area (Å²) in [6.45, 7) is 8.05. The van der Waals surface area contributed by atoms with Gasteiger partial charge in [0, 0.05) is 13.0 Å². The molecule has 1 saturated heterocycles. The molecule has 21 heavy (non-hydrogen) atoms. The van der Waals surface area contributed by atoms with Crippen molar-refractivity contribution < 1.29 is 14.3 Å². The first-order chi connectivity index (χ1) is 9.98. The van der Waals surface area contributed by atoms with Gasteiger partial charge in [0.25, 0.3) is 0 Å². The normalized spacial score (nSPS) is 18.4. The predicted molar refractivity (Wildman–Crippen MR) is 82.0 cm³/mol. The van der Waals surface area contributed by atoms with E-state index in [1.165, 1.54) is 0 Å². The quantitative estimate of drug-likeness (QED) is 0.875. The lowest BCUT2D eigenvalue weighted by Crippen LogP contribution is -2.35. The highest BCUT2D eigenvalue weighted by Crippen LogP contribution is 2.26. The summed E-state index contributed by atoms with van der Waals surface area (Å²) in [5.41, 5.74) is 2.23. The third kappa shape index (κ3) is 4.83. The van der Waals surface area contributed by atoms with Crippen LogP contribution in [0.25, 0.3) is 0 Å². The lowest BCUT2D eigenvalue weighted by molar-refractivity contribution is -0.154. The van der Waals surface area contributed by atoms with Gasteiger partial charge in [0.15, 0.2) is 5.79 Å². The number of ether oxygens (including phenoxy) is 2. The van der Waals surface area contributed by atoms with E-state index in [1.54, 1.807) is 0 Å². The van der Waals surface area contributed by atoms with E-state index in [0.29, 0.717) is 32.1 Å². The van der Waals surface area contributed by atoms with Gasteiger partial charge in [-0.1, -0.05) is 31.2 Å². The van der Waals surface area contributed by atoms with Crippen molar-refractivity contribution in [3.05, 3.63) is 35.4 Å². The topological polar surface area (TPSA) is 47.6 Å². The molecule has 1 aliphatic rings. The smallest absolute Gasteiger partial charge is 0.224 e. The van der Waals surface area contributed by atoms with Crippen LogP contribution in [0, 0.1) is 12.8 Å². The maximum atomic E-state index is 12.0. The zero-order valence-corrected chi connectivity index (χ0v) is 13.1. The van der Waals surface area contributed by atoms with Crippen LogP contribution in [-0.2, 0) is 20.7 Å². The minimum absolute atomic E-state index is 0.0644. The Hall–Kier alpha value is -1.39. The number of carbonyl (C=O) groups excluding carboxylic acids is 1. The molecule has 4 nitrogen and oxygen atoms in total. The maximum absolute atomic E-state index is 12.0. The third-order valence-electron chi connectivity index (χ3n) is 3.88. The highest BCUT2D eigenvalue weighted by molar-refractivity contribution is 5.78. The molecule has 0 aliphatic carbocycles. The molecule has 1 aromatic carbocycles. The minimum Gasteiger partial charge on any atom is -0.356 e. The first kappa shape index (κ1) is 16.0. The fourth-order valence-corrected chi connectivity index (χ4v) is 2.71. The first-order valence-electron chi connectivity index (χ1n) is 7.58. The molecule has 0 bridgehead atoms. The Morgan fingerprint density at radius 1 is 1.33 bits per heavy atom. The van der Waals surface area contributed by atoms with E-state index in [-0.39, 0.29) is 5.91 Å². The highest BCUT2D eigenvalue weighted by atomic mass is 16.7. The van der Waals surface area contributed by atoms with Crippen molar-refractivity contribution in [2.45, 2.75) is 39.4 Å². The maximum Gasteiger partial charge on any atom is 0.224 e. The van der Waals surface area contributed by atoms with Crippen molar-refractivity contribution in [3.8, 4) is 0 Å². The molecule has 116 valence electrons. The van der Waals surface area contributed by atoms with Crippen LogP contribution in [0.15, 0.2) is 24.3 Å². The highest BCUT2D eigenvalue weighted by Gasteiger charge is 2.32. The number of amides is 1. The van der Waals surface area contributed by atoms with E-state index in [9.17, 15) is 4.79 Å². The second-order valence-corrected chi connectivity index (χ2v) is 6.05. The standard InChI is InChI=1S/C17H25NO3/c1-13(11-17(3)20-8-9-21-17)12-18-16(19)10-15-7-5-4-6-14(15)2/h4-7,13H,8-12H2,1-3H3,(H,18,19)/t13-/m1/s1. The molecule has 1 atom stereocenters. The van der Waals surface area contributed by atoms with E-state index < -0.39 is 5.79 Å². The van der Waals surface area contributed by atoms with Gasteiger partial charge in [0.05, 0.1) is 19.6 Å². The fourth-order valence-electron chi connectivity index (χ4n) is 2.71. The molecule has 2 rings (SSSR count). The van der Waals surface area contributed by atoms with Gasteiger partial charge < -0.3 is 14.8 Å². The molecule has 0 radical (unpaired) electrons. The zero-order chi connectivity index (χ0) is 15.3. The molecular weight excluding hydrogens is 266 g/mol. The van der Waals surface area contributed by atoms with Gasteiger partial charge in [-0.05, 0) is 30.9 Å². The Kier molecular flexibility index (Phi) is 5.37. The average Bonchev–Trinajstić information content (AvgIpc) is 2.85. The van der Waals surface area contributed by atoms with Crippen LogP contribution in [0.3, 0.4) is 0 Å². The molecular formula is C17H25NO3. The second kappa shape index (κ2) is 7.05. The van der Waals surface area contributed by atoms with Crippen LogP contribution < -0.4 is 5.32 Å². The Balaban J connectivity index is 1.75. The molecule has 0 unspecified atom stereocenters. The Morgan fingerprint density at radius 3 is 2.67 bits per heavy atom. The SMILES string of the molecule is Cc1ccccc1CC(=O)NC[C@H](C)CC1(C)OCCO1. The van der Waals surface area contributed by atoms with Crippen molar-refractivity contribution >= 4 is 5.91 Å². The van der Waals surface area contributed by atoms with Crippen molar-refractivity contribution in [1.29, 1.82) is 0 Å². The second-order valence-electron chi connectivity index (χ2n) is 6.05. The first-order valence-corrected chi connectivity index (χ1v) is 7.58. The lowest BCUT2D eigenvalue weighted by atomic mass is 10.0. The van der Waals surface area contributed by atoms with Gasteiger partial charge in [-0.25, -0.2) is 0 Å². The van der Waals surface area contributed by atoms with Gasteiger partial charge in [-0.3, -0.25) is 4.79 Å². The number of aryl methyl sites for hydroxylation is 1. The summed E-state index contributed by atoms with van der Waals surface area (Å²) in [6.07, 6.45) is 1.22. The van der Waals surface area contributed by atoms with Crippen molar-refractivity contribution in [2.24, 2.45) is 5.92 Å². The molecule has 1 fully saturated rings. The largest absolute Gasteiger partial charge is 0.356 e. The molecule has 4 heteroatoms. The van der Waals surface area contributed by atoms with Crippen molar-refractivity contribution in [3.63, 3.8) is 0 Å². The monoisotopic (exact) mass is 291 g/mol.